The monoisotopic (exact) mass is 1020 g/mol. The van der Waals surface area contributed by atoms with Gasteiger partial charge in [0.1, 0.15) is 17.3 Å². The van der Waals surface area contributed by atoms with E-state index in [1.54, 1.807) is 12.3 Å². The fourth-order valence-electron chi connectivity index (χ4n) is 8.13. The van der Waals surface area contributed by atoms with Gasteiger partial charge in [-0.15, -0.1) is 53.6 Å². The number of pyridine rings is 2. The maximum absolute atomic E-state index is 10.7. The number of nitrogens with zero attached hydrogens (tertiary/aromatic N) is 4. The SMILES string of the molecule is CC(C)(C)c1ccc(-c2[c-]cccc2)nc1.[2H]C([2H])(c1c[c-]c(-c2ccccn2)c2oc3c(-n4c5cc(C(C)(C)C)ccc5c5ccc(C(C)(C)C)cc54)c(C#N)ccc3c12)C(C)(C)C.[Ir]. The molecular formula is C58H58IrN4O-2. The molecule has 9 rings (SSSR count). The van der Waals surface area contributed by atoms with Gasteiger partial charge in [-0.3, -0.25) is 0 Å². The fraction of sp³-hybridized carbons (Fsp3) is 0.293. The molecule has 0 N–H and O–H groups in total. The van der Waals surface area contributed by atoms with Crippen molar-refractivity contribution >= 4 is 43.7 Å². The third-order valence-corrected chi connectivity index (χ3v) is 11.6. The van der Waals surface area contributed by atoms with E-state index in [1.807, 2.05) is 81.6 Å². The number of furan rings is 1. The van der Waals surface area contributed by atoms with Gasteiger partial charge < -0.3 is 19.0 Å². The zero-order valence-electron chi connectivity index (χ0n) is 41.1. The van der Waals surface area contributed by atoms with Crippen LogP contribution in [-0.4, -0.2) is 14.5 Å². The molecule has 0 unspecified atom stereocenters. The Kier molecular flexibility index (Phi) is 11.7. The van der Waals surface area contributed by atoms with Crippen LogP contribution in [0.1, 0.15) is 114 Å². The zero-order chi connectivity index (χ0) is 46.9. The summed E-state index contributed by atoms with van der Waals surface area (Å²) in [6.45, 7) is 25.6. The molecule has 0 saturated carbocycles. The Morgan fingerprint density at radius 1 is 0.656 bits per heavy atom. The summed E-state index contributed by atoms with van der Waals surface area (Å²) >= 11 is 0. The van der Waals surface area contributed by atoms with Gasteiger partial charge in [0, 0.05) is 51.4 Å². The van der Waals surface area contributed by atoms with Crippen molar-refractivity contribution in [2.75, 3.05) is 0 Å². The molecule has 0 saturated heterocycles. The molecule has 0 fully saturated rings. The van der Waals surface area contributed by atoms with Gasteiger partial charge >= 0.3 is 0 Å². The summed E-state index contributed by atoms with van der Waals surface area (Å²) in [5.74, 6) is 0. The third kappa shape index (κ3) is 9.08. The Labute approximate surface area is 395 Å². The molecule has 327 valence electrons. The Bertz CT molecular complexity index is 3190. The molecule has 6 heteroatoms. The molecule has 4 heterocycles. The minimum Gasteiger partial charge on any atom is -0.498 e. The average molecular weight is 1020 g/mol. The third-order valence-electron chi connectivity index (χ3n) is 11.6. The molecular weight excluding hydrogens is 961 g/mol. The Hall–Kier alpha value is -5.86. The normalized spacial score (nSPS) is 13.0. The second-order valence-electron chi connectivity index (χ2n) is 20.7. The zero-order valence-corrected chi connectivity index (χ0v) is 41.5. The van der Waals surface area contributed by atoms with Crippen molar-refractivity contribution in [3.8, 4) is 34.3 Å². The Morgan fingerprint density at radius 3 is 1.78 bits per heavy atom. The Balaban J connectivity index is 0.000000322. The number of hydrogen-bond acceptors (Lipinski definition) is 4. The number of benzene rings is 5. The predicted octanol–water partition coefficient (Wildman–Crippen LogP) is 15.4. The number of nitriles is 1. The quantitative estimate of drug-likeness (QED) is 0.165. The van der Waals surface area contributed by atoms with Crippen LogP contribution in [0, 0.1) is 28.9 Å². The van der Waals surface area contributed by atoms with E-state index in [1.165, 1.54) is 16.7 Å². The maximum Gasteiger partial charge on any atom is 0.146 e. The first kappa shape index (κ1) is 43.4. The largest absolute Gasteiger partial charge is 0.498 e. The molecule has 5 nitrogen and oxygen atoms in total. The molecule has 0 atom stereocenters. The van der Waals surface area contributed by atoms with Crippen LogP contribution >= 0.6 is 0 Å². The molecule has 0 aliphatic heterocycles. The first-order valence-corrected chi connectivity index (χ1v) is 21.8. The summed E-state index contributed by atoms with van der Waals surface area (Å²) in [6, 6.07) is 45.6. The van der Waals surface area contributed by atoms with Crippen molar-refractivity contribution < 1.29 is 27.3 Å². The van der Waals surface area contributed by atoms with E-state index in [9.17, 15) is 8.00 Å². The topological polar surface area (TPSA) is 67.6 Å². The number of rotatable bonds is 4. The summed E-state index contributed by atoms with van der Waals surface area (Å²) in [5.41, 5.74) is 10.8. The van der Waals surface area contributed by atoms with Gasteiger partial charge in [-0.25, -0.2) is 0 Å². The van der Waals surface area contributed by atoms with Crippen molar-refractivity contribution in [1.29, 1.82) is 5.26 Å². The molecule has 9 aromatic rings. The molecule has 0 aliphatic rings. The molecule has 0 aliphatic carbocycles. The smallest absolute Gasteiger partial charge is 0.146 e. The van der Waals surface area contributed by atoms with Crippen molar-refractivity contribution in [3.63, 3.8) is 0 Å². The second-order valence-corrected chi connectivity index (χ2v) is 20.7. The van der Waals surface area contributed by atoms with Crippen LogP contribution in [-0.2, 0) is 42.7 Å². The van der Waals surface area contributed by atoms with Gasteiger partial charge in [0.15, 0.2) is 0 Å². The van der Waals surface area contributed by atoms with Crippen molar-refractivity contribution in [3.05, 3.63) is 162 Å². The van der Waals surface area contributed by atoms with Crippen LogP contribution in [0.15, 0.2) is 126 Å². The van der Waals surface area contributed by atoms with Crippen LogP contribution in [0.5, 0.6) is 0 Å². The molecule has 0 spiro atoms. The summed E-state index contributed by atoms with van der Waals surface area (Å²) in [4.78, 5) is 9.10. The van der Waals surface area contributed by atoms with Crippen molar-refractivity contribution in [1.82, 2.24) is 14.5 Å². The predicted molar refractivity (Wildman–Crippen MR) is 263 cm³/mol. The fourth-order valence-corrected chi connectivity index (χ4v) is 8.13. The molecule has 5 aromatic carbocycles. The van der Waals surface area contributed by atoms with Gasteiger partial charge in [0.25, 0.3) is 0 Å². The van der Waals surface area contributed by atoms with Crippen LogP contribution in [0.2, 0.25) is 0 Å². The Morgan fingerprint density at radius 2 is 1.27 bits per heavy atom. The van der Waals surface area contributed by atoms with E-state index < -0.39 is 11.8 Å². The first-order valence-electron chi connectivity index (χ1n) is 22.8. The number of hydrogen-bond donors (Lipinski definition) is 0. The molecule has 4 aromatic heterocycles. The van der Waals surface area contributed by atoms with Gasteiger partial charge in [-0.05, 0) is 74.0 Å². The van der Waals surface area contributed by atoms with Crippen LogP contribution in [0.25, 0.3) is 71.9 Å². The average Bonchev–Trinajstić information content (AvgIpc) is 3.81. The van der Waals surface area contributed by atoms with Crippen LogP contribution in [0.4, 0.5) is 0 Å². The summed E-state index contributed by atoms with van der Waals surface area (Å²) in [5, 5.41) is 14.3. The van der Waals surface area contributed by atoms with Crippen molar-refractivity contribution in [2.24, 2.45) is 5.41 Å². The molecule has 64 heavy (non-hydrogen) atoms. The van der Waals surface area contributed by atoms with E-state index in [4.69, 9.17) is 4.42 Å². The van der Waals surface area contributed by atoms with Gasteiger partial charge in [0.05, 0.1) is 22.2 Å². The van der Waals surface area contributed by atoms with E-state index in [-0.39, 0.29) is 36.4 Å². The summed E-state index contributed by atoms with van der Waals surface area (Å²) in [6.07, 6.45) is 1.96. The minimum absolute atomic E-state index is 0. The first-order chi connectivity index (χ1) is 30.5. The van der Waals surface area contributed by atoms with E-state index >= 15 is 0 Å². The summed E-state index contributed by atoms with van der Waals surface area (Å²) in [7, 11) is 0. The minimum atomic E-state index is -1.73. The molecule has 0 bridgehead atoms. The standard InChI is InChI=1S/C43H42N3O.C15H16N.Ir/c1-41(2,3)24-26-13-17-32(34-12-10-11-21-45-34)39-37(26)33-18-14-27(25-44)38(40(33)47-39)46-35-22-28(42(4,5)6)15-19-30(35)31-20-16-29(23-36(31)46)43(7,8)9;1-15(2,3)13-9-10-14(16-11-13)12-7-5-4-6-8-12;/h10-16,18-23H,24H2,1-9H3;4-7,9-11H,1-3H3;/q2*-1;/i24D2;;. The van der Waals surface area contributed by atoms with Gasteiger partial charge in [-0.1, -0.05) is 155 Å². The molecule has 0 amide bonds. The van der Waals surface area contributed by atoms with Crippen LogP contribution in [0.3, 0.4) is 0 Å². The second kappa shape index (κ2) is 17.3. The maximum atomic E-state index is 10.7. The van der Waals surface area contributed by atoms with Crippen LogP contribution < -0.4 is 0 Å². The van der Waals surface area contributed by atoms with Gasteiger partial charge in [0.2, 0.25) is 0 Å². The number of fused-ring (bicyclic) bond motifs is 6. The van der Waals surface area contributed by atoms with Crippen molar-refractivity contribution in [2.45, 2.75) is 106 Å². The van der Waals surface area contributed by atoms with Gasteiger partial charge in [-0.2, -0.15) is 5.26 Å². The van der Waals surface area contributed by atoms with E-state index in [0.29, 0.717) is 44.6 Å². The molecule has 1 radical (unpaired) electrons. The number of aromatic nitrogens is 3. The van der Waals surface area contributed by atoms with E-state index in [2.05, 4.69) is 144 Å². The van der Waals surface area contributed by atoms with E-state index in [0.717, 1.165) is 38.4 Å². The summed E-state index contributed by atoms with van der Waals surface area (Å²) < 4.78 is 27.9.